The Morgan fingerprint density at radius 1 is 1.25 bits per heavy atom. The lowest BCUT2D eigenvalue weighted by Crippen LogP contribution is -2.46. The number of hydrogen-bond acceptors (Lipinski definition) is 3. The summed E-state index contributed by atoms with van der Waals surface area (Å²) < 4.78 is 33.9. The zero-order valence-corrected chi connectivity index (χ0v) is 14.9. The lowest BCUT2D eigenvalue weighted by molar-refractivity contribution is 0.415. The number of furan rings is 1. The molecule has 116 valence electrons. The van der Waals surface area contributed by atoms with Crippen LogP contribution in [0, 0.1) is 0 Å². The lowest BCUT2D eigenvalue weighted by atomic mass is 10.2. The van der Waals surface area contributed by atoms with E-state index in [1.54, 1.807) is 18.4 Å². The second-order valence-corrected chi connectivity index (χ2v) is 12.0. The molecule has 0 unspecified atom stereocenters. The van der Waals surface area contributed by atoms with Gasteiger partial charge < -0.3 is 8.98 Å². The fourth-order valence-corrected chi connectivity index (χ4v) is 6.00. The smallest absolute Gasteiger partial charge is 0.138 e. The summed E-state index contributed by atoms with van der Waals surface area (Å²) in [6.45, 7) is 11.3. The van der Waals surface area contributed by atoms with Crippen LogP contribution in [0.1, 0.15) is 47.3 Å². The third-order valence-electron chi connectivity index (χ3n) is 3.69. The van der Waals surface area contributed by atoms with Crippen molar-refractivity contribution < 1.29 is 13.2 Å². The Bertz CT molecular complexity index is 499. The molecule has 4 nitrogen and oxygen atoms in total. The molecule has 1 aromatic heterocycles. The first-order valence-corrected chi connectivity index (χ1v) is 10.2. The Balaban J connectivity index is 3.30. The van der Waals surface area contributed by atoms with Gasteiger partial charge in [0.05, 0.1) is 22.0 Å². The monoisotopic (exact) mass is 319 g/mol. The molecule has 1 heterocycles. The fourth-order valence-electron chi connectivity index (χ4n) is 2.08. The highest BCUT2D eigenvalue weighted by Crippen LogP contribution is 2.61. The van der Waals surface area contributed by atoms with Gasteiger partial charge in [0, 0.05) is 12.3 Å². The summed E-state index contributed by atoms with van der Waals surface area (Å²) in [5, 5.41) is -0.905. The van der Waals surface area contributed by atoms with Gasteiger partial charge in [-0.05, 0) is 39.8 Å². The Kier molecular flexibility index (Phi) is 5.45. The van der Waals surface area contributed by atoms with Gasteiger partial charge in [-0.2, -0.15) is 0 Å². The predicted octanol–water partition coefficient (Wildman–Crippen LogP) is 3.91. The molecule has 0 bridgehead atoms. The van der Waals surface area contributed by atoms with E-state index in [0.29, 0.717) is 18.1 Å². The van der Waals surface area contributed by atoms with Crippen molar-refractivity contribution in [2.24, 2.45) is 0 Å². The average molecular weight is 319 g/mol. The lowest BCUT2D eigenvalue weighted by Gasteiger charge is -2.37. The Morgan fingerprint density at radius 3 is 2.15 bits per heavy atom. The molecule has 1 aromatic rings. The van der Waals surface area contributed by atoms with Crippen LogP contribution in [-0.4, -0.2) is 21.3 Å². The van der Waals surface area contributed by atoms with Crippen LogP contribution in [-0.2, 0) is 20.8 Å². The zero-order chi connectivity index (χ0) is 15.6. The van der Waals surface area contributed by atoms with Crippen molar-refractivity contribution in [2.45, 2.75) is 51.6 Å². The quantitative estimate of drug-likeness (QED) is 0.809. The number of hydrogen-bond donors (Lipinski definition) is 1. The summed E-state index contributed by atoms with van der Waals surface area (Å²) >= 11 is 0. The molecule has 0 saturated heterocycles. The Morgan fingerprint density at radius 2 is 1.80 bits per heavy atom. The highest BCUT2D eigenvalue weighted by Gasteiger charge is 2.47. The Labute approximate surface area is 124 Å². The molecule has 0 aliphatic carbocycles. The molecule has 0 radical (unpaired) electrons. The van der Waals surface area contributed by atoms with Gasteiger partial charge in [-0.15, -0.1) is 0 Å². The van der Waals surface area contributed by atoms with E-state index in [4.69, 9.17) is 4.42 Å². The van der Waals surface area contributed by atoms with Crippen molar-refractivity contribution in [1.29, 1.82) is 0 Å². The van der Waals surface area contributed by atoms with Crippen LogP contribution in [0.4, 0.5) is 0 Å². The standard InChI is InChI=1S/C14H26NO3PS/c1-7-19(16,8-2)14(6,12-10-9-11-18-12)15-20(17)13(3,4)5/h9-11,15H,7-8H2,1-6H3/t14-,20-/m0/s1. The largest absolute Gasteiger partial charge is 0.467 e. The van der Waals surface area contributed by atoms with E-state index in [1.807, 2.05) is 41.5 Å². The van der Waals surface area contributed by atoms with Crippen molar-refractivity contribution >= 4 is 18.1 Å². The minimum atomic E-state index is -2.61. The van der Waals surface area contributed by atoms with Crippen LogP contribution < -0.4 is 4.72 Å². The molecule has 0 aliphatic heterocycles. The number of rotatable bonds is 6. The molecular weight excluding hydrogens is 293 g/mol. The van der Waals surface area contributed by atoms with E-state index in [1.165, 1.54) is 0 Å². The van der Waals surface area contributed by atoms with Crippen molar-refractivity contribution in [3.63, 3.8) is 0 Å². The third-order valence-corrected chi connectivity index (χ3v) is 9.55. The molecule has 0 saturated carbocycles. The topological polar surface area (TPSA) is 59.3 Å². The molecule has 0 spiro atoms. The average Bonchev–Trinajstić information content (AvgIpc) is 2.90. The zero-order valence-electron chi connectivity index (χ0n) is 13.2. The van der Waals surface area contributed by atoms with Gasteiger partial charge in [-0.25, -0.2) is 8.93 Å². The summed E-state index contributed by atoms with van der Waals surface area (Å²) in [5.74, 6) is 0.585. The van der Waals surface area contributed by atoms with Crippen molar-refractivity contribution in [3.05, 3.63) is 24.2 Å². The molecule has 1 rings (SSSR count). The molecule has 0 aliphatic rings. The van der Waals surface area contributed by atoms with Crippen LogP contribution in [0.25, 0.3) is 0 Å². The van der Waals surface area contributed by atoms with Gasteiger partial charge in [0.2, 0.25) is 0 Å². The van der Waals surface area contributed by atoms with E-state index in [2.05, 4.69) is 4.72 Å². The minimum absolute atomic E-state index is 0.430. The van der Waals surface area contributed by atoms with Crippen molar-refractivity contribution in [3.8, 4) is 0 Å². The third kappa shape index (κ3) is 3.26. The first-order valence-electron chi connectivity index (χ1n) is 6.92. The van der Waals surface area contributed by atoms with E-state index in [0.717, 1.165) is 0 Å². The minimum Gasteiger partial charge on any atom is -0.467 e. The van der Waals surface area contributed by atoms with Crippen LogP contribution in [0.5, 0.6) is 0 Å². The maximum Gasteiger partial charge on any atom is 0.138 e. The second-order valence-electron chi connectivity index (χ2n) is 6.05. The van der Waals surface area contributed by atoms with E-state index in [-0.39, 0.29) is 0 Å². The van der Waals surface area contributed by atoms with Gasteiger partial charge in [-0.3, -0.25) is 0 Å². The van der Waals surface area contributed by atoms with Gasteiger partial charge in [0.25, 0.3) is 0 Å². The first-order chi connectivity index (χ1) is 9.10. The molecular formula is C14H26NO3PS. The normalized spacial score (nSPS) is 17.7. The highest BCUT2D eigenvalue weighted by molar-refractivity contribution is 7.85. The summed E-state index contributed by atoms with van der Waals surface area (Å²) in [4.78, 5) is 0. The Hall–Kier alpha value is -0.380. The van der Waals surface area contributed by atoms with Gasteiger partial charge in [0.15, 0.2) is 0 Å². The maximum absolute atomic E-state index is 13.3. The van der Waals surface area contributed by atoms with Crippen molar-refractivity contribution in [2.75, 3.05) is 12.3 Å². The molecule has 1 N–H and O–H groups in total. The fraction of sp³-hybridized carbons (Fsp3) is 0.714. The first kappa shape index (κ1) is 17.7. The predicted molar refractivity (Wildman–Crippen MR) is 85.8 cm³/mol. The highest BCUT2D eigenvalue weighted by atomic mass is 32.2. The second kappa shape index (κ2) is 6.17. The van der Waals surface area contributed by atoms with E-state index in [9.17, 15) is 8.77 Å². The maximum atomic E-state index is 13.3. The SMILES string of the molecule is CCP(=O)(CC)[C@](C)(N[S@@](=O)C(C)(C)C)c1ccco1. The number of nitrogens with one attached hydrogen (secondary N) is 1. The van der Waals surface area contributed by atoms with Gasteiger partial charge >= 0.3 is 0 Å². The summed E-state index contributed by atoms with van der Waals surface area (Å²) in [6, 6.07) is 3.57. The molecule has 6 heteroatoms. The molecule has 0 fully saturated rings. The van der Waals surface area contributed by atoms with E-state index >= 15 is 0 Å². The molecule has 20 heavy (non-hydrogen) atoms. The summed E-state index contributed by atoms with van der Waals surface area (Å²) in [6.07, 6.45) is 2.63. The van der Waals surface area contributed by atoms with Crippen LogP contribution in [0.2, 0.25) is 0 Å². The molecule has 0 amide bonds. The van der Waals surface area contributed by atoms with Crippen molar-refractivity contribution in [1.82, 2.24) is 4.72 Å². The van der Waals surface area contributed by atoms with E-state index < -0.39 is 28.2 Å². The van der Waals surface area contributed by atoms with Gasteiger partial charge in [-0.1, -0.05) is 13.8 Å². The van der Waals surface area contributed by atoms with Crippen LogP contribution >= 0.6 is 7.14 Å². The summed E-state index contributed by atoms with van der Waals surface area (Å²) in [7, 11) is -3.94. The van der Waals surface area contributed by atoms with Crippen LogP contribution in [0.15, 0.2) is 22.8 Å². The summed E-state index contributed by atoms with van der Waals surface area (Å²) in [5.41, 5.74) is 0. The molecule has 2 atom stereocenters. The molecule has 0 aromatic carbocycles. The van der Waals surface area contributed by atoms with Gasteiger partial charge in [0.1, 0.15) is 18.2 Å². The van der Waals surface area contributed by atoms with Crippen LogP contribution in [0.3, 0.4) is 0 Å².